The van der Waals surface area contributed by atoms with Crippen molar-refractivity contribution in [2.24, 2.45) is 5.73 Å². The van der Waals surface area contributed by atoms with Crippen LogP contribution in [-0.4, -0.2) is 28.0 Å². The van der Waals surface area contributed by atoms with Crippen LogP contribution in [0.1, 0.15) is 6.42 Å². The van der Waals surface area contributed by atoms with Gasteiger partial charge in [-0.2, -0.15) is 0 Å². The number of rotatable bonds is 4. The van der Waals surface area contributed by atoms with E-state index in [0.717, 1.165) is 9.86 Å². The molecule has 0 aliphatic heterocycles. The van der Waals surface area contributed by atoms with Crippen LogP contribution in [0.25, 0.3) is 10.9 Å². The number of hydrogen-bond donors (Lipinski definition) is 3. The van der Waals surface area contributed by atoms with Crippen LogP contribution in [0.4, 0.5) is 5.69 Å². The van der Waals surface area contributed by atoms with Gasteiger partial charge in [-0.1, -0.05) is 12.1 Å². The van der Waals surface area contributed by atoms with Crippen LogP contribution in [-0.2, 0) is 9.59 Å². The van der Waals surface area contributed by atoms with Crippen molar-refractivity contribution < 1.29 is 14.7 Å². The Bertz CT molecular complexity index is 675. The Hall–Kier alpha value is -1.99. The molecule has 2 aromatic rings. The molecule has 1 aromatic heterocycles. The van der Waals surface area contributed by atoms with Crippen LogP contribution < -0.4 is 11.1 Å². The second-order valence-corrected chi connectivity index (χ2v) is 5.14. The minimum atomic E-state index is -1.12. The third kappa shape index (κ3) is 3.31. The molecule has 0 radical (unpaired) electrons. The van der Waals surface area contributed by atoms with E-state index in [1.807, 2.05) is 12.1 Å². The molecule has 1 heterocycles. The fraction of sp³-hybridized carbons (Fsp3) is 0.154. The highest BCUT2D eigenvalue weighted by Crippen LogP contribution is 2.23. The number of amides is 1. The topological polar surface area (TPSA) is 105 Å². The molecule has 0 spiro atoms. The maximum atomic E-state index is 11.8. The van der Waals surface area contributed by atoms with Crippen molar-refractivity contribution in [3.05, 3.63) is 34.9 Å². The summed E-state index contributed by atoms with van der Waals surface area (Å²) in [5, 5.41) is 12.1. The number of fused-ring (bicyclic) bond motifs is 1. The molecule has 0 bridgehead atoms. The number of halogens is 1. The van der Waals surface area contributed by atoms with Gasteiger partial charge in [0.05, 0.1) is 23.7 Å². The fourth-order valence-electron chi connectivity index (χ4n) is 1.74. The molecule has 0 saturated heterocycles. The van der Waals surface area contributed by atoms with E-state index in [1.165, 1.54) is 0 Å². The molecule has 104 valence electrons. The second kappa shape index (κ2) is 5.98. The van der Waals surface area contributed by atoms with E-state index in [0.29, 0.717) is 11.2 Å². The Balaban J connectivity index is 2.25. The highest BCUT2D eigenvalue weighted by Gasteiger charge is 2.18. The first-order valence-electron chi connectivity index (χ1n) is 5.80. The van der Waals surface area contributed by atoms with Gasteiger partial charge in [0.1, 0.15) is 0 Å². The molecule has 6 nitrogen and oxygen atoms in total. The molecular weight excluding hydrogens is 326 g/mol. The second-order valence-electron chi connectivity index (χ2n) is 4.22. The van der Waals surface area contributed by atoms with Gasteiger partial charge in [-0.25, -0.2) is 0 Å². The summed E-state index contributed by atoms with van der Waals surface area (Å²) in [4.78, 5) is 26.6. The number of aromatic nitrogens is 1. The molecule has 20 heavy (non-hydrogen) atoms. The van der Waals surface area contributed by atoms with E-state index in [2.05, 4.69) is 26.2 Å². The van der Waals surface area contributed by atoms with Crippen LogP contribution in [0.2, 0.25) is 0 Å². The highest BCUT2D eigenvalue weighted by atomic mass is 79.9. The van der Waals surface area contributed by atoms with E-state index in [9.17, 15) is 9.59 Å². The Morgan fingerprint density at radius 3 is 2.90 bits per heavy atom. The highest BCUT2D eigenvalue weighted by molar-refractivity contribution is 9.10. The van der Waals surface area contributed by atoms with E-state index >= 15 is 0 Å². The number of nitrogens with one attached hydrogen (secondary N) is 1. The molecule has 1 atom stereocenters. The number of carboxylic acid groups (broad SMARTS) is 1. The summed E-state index contributed by atoms with van der Waals surface area (Å²) in [7, 11) is 0. The molecule has 2 rings (SSSR count). The van der Waals surface area contributed by atoms with Crippen molar-refractivity contribution in [1.82, 2.24) is 4.98 Å². The van der Waals surface area contributed by atoms with Gasteiger partial charge in [0.25, 0.3) is 0 Å². The number of pyridine rings is 1. The molecular formula is C13H12BrN3O3. The van der Waals surface area contributed by atoms with Crippen LogP contribution in [0.5, 0.6) is 0 Å². The smallest absolute Gasteiger partial charge is 0.305 e. The number of para-hydroxylation sites is 1. The Morgan fingerprint density at radius 1 is 1.45 bits per heavy atom. The summed E-state index contributed by atoms with van der Waals surface area (Å²) < 4.78 is 0.830. The zero-order valence-corrected chi connectivity index (χ0v) is 11.9. The minimum Gasteiger partial charge on any atom is -0.481 e. The Kier molecular flexibility index (Phi) is 4.31. The molecule has 1 aromatic carbocycles. The molecule has 1 unspecified atom stereocenters. The van der Waals surface area contributed by atoms with E-state index in [1.54, 1.807) is 18.3 Å². The third-order valence-corrected chi connectivity index (χ3v) is 3.10. The first-order valence-corrected chi connectivity index (χ1v) is 6.59. The fourth-order valence-corrected chi connectivity index (χ4v) is 2.09. The quantitative estimate of drug-likeness (QED) is 0.787. The zero-order valence-electron chi connectivity index (χ0n) is 10.3. The molecule has 0 aliphatic rings. The number of carboxylic acids is 1. The molecule has 0 aliphatic carbocycles. The zero-order chi connectivity index (χ0) is 14.7. The first kappa shape index (κ1) is 14.4. The first-order chi connectivity index (χ1) is 9.47. The normalized spacial score (nSPS) is 12.1. The number of carbonyl (C=O) groups is 2. The molecule has 0 fully saturated rings. The summed E-state index contributed by atoms with van der Waals surface area (Å²) in [5.41, 5.74) is 6.63. The molecule has 0 saturated carbocycles. The van der Waals surface area contributed by atoms with Crippen molar-refractivity contribution in [2.45, 2.75) is 12.5 Å². The number of anilines is 1. The summed E-state index contributed by atoms with van der Waals surface area (Å²) in [6, 6.07) is 6.09. The van der Waals surface area contributed by atoms with Gasteiger partial charge in [0.15, 0.2) is 0 Å². The van der Waals surface area contributed by atoms with Crippen LogP contribution in [0.15, 0.2) is 34.9 Å². The third-order valence-electron chi connectivity index (χ3n) is 2.67. The van der Waals surface area contributed by atoms with Gasteiger partial charge in [0.2, 0.25) is 5.91 Å². The van der Waals surface area contributed by atoms with Crippen molar-refractivity contribution in [3.63, 3.8) is 0 Å². The largest absolute Gasteiger partial charge is 0.481 e. The van der Waals surface area contributed by atoms with Crippen molar-refractivity contribution in [3.8, 4) is 0 Å². The van der Waals surface area contributed by atoms with Gasteiger partial charge in [-0.3, -0.25) is 14.6 Å². The van der Waals surface area contributed by atoms with E-state index < -0.39 is 24.3 Å². The predicted molar refractivity (Wildman–Crippen MR) is 78.3 cm³/mol. The summed E-state index contributed by atoms with van der Waals surface area (Å²) in [5.74, 6) is -1.67. The van der Waals surface area contributed by atoms with Crippen molar-refractivity contribution in [2.75, 3.05) is 5.32 Å². The Morgan fingerprint density at radius 2 is 2.20 bits per heavy atom. The van der Waals surface area contributed by atoms with E-state index in [-0.39, 0.29) is 0 Å². The number of hydrogen-bond acceptors (Lipinski definition) is 4. The van der Waals surface area contributed by atoms with Gasteiger partial charge >= 0.3 is 5.97 Å². The lowest BCUT2D eigenvalue weighted by Gasteiger charge is -2.11. The molecule has 1 amide bonds. The number of aliphatic carboxylic acids is 1. The van der Waals surface area contributed by atoms with Crippen molar-refractivity contribution >= 4 is 44.4 Å². The predicted octanol–water partition coefficient (Wildman–Crippen LogP) is 1.74. The van der Waals surface area contributed by atoms with Gasteiger partial charge in [-0.05, 0) is 28.1 Å². The number of benzene rings is 1. The SMILES string of the molecule is NC(CC(=O)O)C(=O)Nc1cccc2cc(Br)cnc12. The van der Waals surface area contributed by atoms with Gasteiger partial charge < -0.3 is 16.2 Å². The monoisotopic (exact) mass is 337 g/mol. The van der Waals surface area contributed by atoms with Gasteiger partial charge in [0, 0.05) is 16.1 Å². The molecule has 4 N–H and O–H groups in total. The van der Waals surface area contributed by atoms with Gasteiger partial charge in [-0.15, -0.1) is 0 Å². The van der Waals surface area contributed by atoms with Crippen LogP contribution in [0, 0.1) is 0 Å². The van der Waals surface area contributed by atoms with Crippen LogP contribution >= 0.6 is 15.9 Å². The number of nitrogens with zero attached hydrogens (tertiary/aromatic N) is 1. The Labute approximate surface area is 123 Å². The summed E-state index contributed by atoms with van der Waals surface area (Å²) in [6.45, 7) is 0. The summed E-state index contributed by atoms with van der Waals surface area (Å²) >= 11 is 3.32. The maximum absolute atomic E-state index is 11.8. The van der Waals surface area contributed by atoms with Crippen molar-refractivity contribution in [1.29, 1.82) is 0 Å². The average Bonchev–Trinajstić information content (AvgIpc) is 2.37. The lowest BCUT2D eigenvalue weighted by atomic mass is 10.1. The van der Waals surface area contributed by atoms with E-state index in [4.69, 9.17) is 10.8 Å². The van der Waals surface area contributed by atoms with Crippen LogP contribution in [0.3, 0.4) is 0 Å². The lowest BCUT2D eigenvalue weighted by molar-refractivity contribution is -0.138. The maximum Gasteiger partial charge on any atom is 0.305 e. The number of carbonyl (C=O) groups excluding carboxylic acids is 1. The number of nitrogens with two attached hydrogens (primary N) is 1. The lowest BCUT2D eigenvalue weighted by Crippen LogP contribution is -2.37. The summed E-state index contributed by atoms with van der Waals surface area (Å²) in [6.07, 6.45) is 1.20. The minimum absolute atomic E-state index is 0.421. The average molecular weight is 338 g/mol. The standard InChI is InChI=1S/C13H12BrN3O3/c14-8-4-7-2-1-3-10(12(7)16-6-8)17-13(20)9(15)5-11(18)19/h1-4,6,9H,5,15H2,(H,17,20)(H,18,19). The molecule has 7 heteroatoms.